The first-order valence-electron chi connectivity index (χ1n) is 9.91. The van der Waals surface area contributed by atoms with Crippen LogP contribution in [-0.4, -0.2) is 36.1 Å². The number of methoxy groups -OCH3 is 1. The molecule has 0 N–H and O–H groups in total. The summed E-state index contributed by atoms with van der Waals surface area (Å²) in [7, 11) is 1.59. The highest BCUT2D eigenvalue weighted by Gasteiger charge is 2.16. The van der Waals surface area contributed by atoms with E-state index in [1.165, 1.54) is 0 Å². The van der Waals surface area contributed by atoms with Crippen LogP contribution in [0.1, 0.15) is 41.0 Å². The molecule has 2 heterocycles. The SMILES string of the molecule is COc1ccc(-n2nc(C=O)cc2Cc2ccc(OC3CCCCO3)cc2)c(Cl)c1. The normalized spacial score (nSPS) is 16.3. The lowest BCUT2D eigenvalue weighted by Gasteiger charge is -2.23. The Morgan fingerprint density at radius 3 is 2.63 bits per heavy atom. The van der Waals surface area contributed by atoms with Crippen molar-refractivity contribution in [3.8, 4) is 17.2 Å². The van der Waals surface area contributed by atoms with Gasteiger partial charge in [-0.3, -0.25) is 4.79 Å². The van der Waals surface area contributed by atoms with E-state index in [9.17, 15) is 4.79 Å². The molecule has 1 saturated heterocycles. The van der Waals surface area contributed by atoms with Crippen LogP contribution in [0.2, 0.25) is 5.02 Å². The Kier molecular flexibility index (Phi) is 6.35. The number of rotatable bonds is 7. The molecule has 1 atom stereocenters. The second-order valence-corrected chi connectivity index (χ2v) is 7.55. The highest BCUT2D eigenvalue weighted by molar-refractivity contribution is 6.32. The van der Waals surface area contributed by atoms with E-state index in [2.05, 4.69) is 5.10 Å². The zero-order valence-electron chi connectivity index (χ0n) is 16.7. The van der Waals surface area contributed by atoms with Crippen molar-refractivity contribution < 1.29 is 19.0 Å². The third-order valence-corrected chi connectivity index (χ3v) is 5.32. The highest BCUT2D eigenvalue weighted by atomic mass is 35.5. The lowest BCUT2D eigenvalue weighted by molar-refractivity contribution is -0.105. The lowest BCUT2D eigenvalue weighted by Crippen LogP contribution is -2.24. The van der Waals surface area contributed by atoms with E-state index in [1.807, 2.05) is 36.4 Å². The van der Waals surface area contributed by atoms with E-state index in [1.54, 1.807) is 23.9 Å². The summed E-state index contributed by atoms with van der Waals surface area (Å²) in [6, 6.07) is 15.0. The van der Waals surface area contributed by atoms with Crippen molar-refractivity contribution in [3.05, 3.63) is 70.5 Å². The molecule has 1 aliphatic rings. The summed E-state index contributed by atoms with van der Waals surface area (Å²) in [6.45, 7) is 0.750. The van der Waals surface area contributed by atoms with Crippen LogP contribution in [0.4, 0.5) is 0 Å². The fourth-order valence-electron chi connectivity index (χ4n) is 3.47. The smallest absolute Gasteiger partial charge is 0.199 e. The van der Waals surface area contributed by atoms with Crippen molar-refractivity contribution >= 4 is 17.9 Å². The van der Waals surface area contributed by atoms with Crippen molar-refractivity contribution in [2.24, 2.45) is 0 Å². The number of aldehydes is 1. The molecule has 1 unspecified atom stereocenters. The van der Waals surface area contributed by atoms with E-state index in [0.29, 0.717) is 28.6 Å². The summed E-state index contributed by atoms with van der Waals surface area (Å²) in [5.74, 6) is 1.44. The first-order valence-corrected chi connectivity index (χ1v) is 10.3. The third kappa shape index (κ3) is 4.66. The predicted octanol–water partition coefficient (Wildman–Crippen LogP) is 4.84. The van der Waals surface area contributed by atoms with Gasteiger partial charge >= 0.3 is 0 Å². The number of ether oxygens (including phenoxy) is 3. The van der Waals surface area contributed by atoms with Gasteiger partial charge in [0.2, 0.25) is 0 Å². The van der Waals surface area contributed by atoms with E-state index in [4.69, 9.17) is 25.8 Å². The molecule has 0 amide bonds. The molecule has 6 nitrogen and oxygen atoms in total. The minimum absolute atomic E-state index is 0.168. The summed E-state index contributed by atoms with van der Waals surface area (Å²) in [4.78, 5) is 11.3. The van der Waals surface area contributed by atoms with E-state index in [0.717, 1.165) is 49.2 Å². The van der Waals surface area contributed by atoms with Gasteiger partial charge in [-0.15, -0.1) is 0 Å². The monoisotopic (exact) mass is 426 g/mol. The topological polar surface area (TPSA) is 62.6 Å². The summed E-state index contributed by atoms with van der Waals surface area (Å²) in [5.41, 5.74) is 2.96. The molecule has 30 heavy (non-hydrogen) atoms. The molecule has 1 fully saturated rings. The molecule has 156 valence electrons. The van der Waals surface area contributed by atoms with Crippen LogP contribution in [0.15, 0.2) is 48.5 Å². The lowest BCUT2D eigenvalue weighted by atomic mass is 10.1. The maximum absolute atomic E-state index is 11.3. The Bertz CT molecular complexity index is 1010. The molecule has 3 aromatic rings. The number of carbonyl (C=O) groups is 1. The van der Waals surface area contributed by atoms with E-state index >= 15 is 0 Å². The summed E-state index contributed by atoms with van der Waals surface area (Å²) in [6.07, 6.45) is 4.28. The Morgan fingerprint density at radius 2 is 1.97 bits per heavy atom. The number of hydrogen-bond acceptors (Lipinski definition) is 5. The molecule has 0 radical (unpaired) electrons. The molecule has 1 aliphatic heterocycles. The van der Waals surface area contributed by atoms with Crippen LogP contribution in [0.25, 0.3) is 5.69 Å². The fourth-order valence-corrected chi connectivity index (χ4v) is 3.72. The van der Waals surface area contributed by atoms with E-state index in [-0.39, 0.29) is 6.29 Å². The van der Waals surface area contributed by atoms with Crippen LogP contribution < -0.4 is 9.47 Å². The quantitative estimate of drug-likeness (QED) is 0.506. The number of benzene rings is 2. The van der Waals surface area contributed by atoms with Crippen molar-refractivity contribution in [2.45, 2.75) is 32.0 Å². The first kappa shape index (κ1) is 20.4. The van der Waals surface area contributed by atoms with Gasteiger partial charge in [-0.05, 0) is 48.7 Å². The minimum Gasteiger partial charge on any atom is -0.497 e. The Morgan fingerprint density at radius 1 is 1.17 bits per heavy atom. The highest BCUT2D eigenvalue weighted by Crippen LogP contribution is 2.28. The standard InChI is InChI=1S/C23H23ClN2O4/c1-28-20-9-10-22(21(24)14-20)26-18(13-17(15-27)25-26)12-16-5-7-19(8-6-16)30-23-4-2-3-11-29-23/h5-10,13-15,23H,2-4,11-12H2,1H3. The molecule has 2 aromatic carbocycles. The van der Waals surface area contributed by atoms with Crippen LogP contribution in [-0.2, 0) is 11.2 Å². The number of nitrogens with zero attached hydrogens (tertiary/aromatic N) is 2. The second-order valence-electron chi connectivity index (χ2n) is 7.14. The minimum atomic E-state index is -0.168. The van der Waals surface area contributed by atoms with Gasteiger partial charge < -0.3 is 14.2 Å². The molecule has 7 heteroatoms. The zero-order valence-corrected chi connectivity index (χ0v) is 17.5. The number of halogens is 1. The van der Waals surface area contributed by atoms with Gasteiger partial charge in [0.1, 0.15) is 17.2 Å². The van der Waals surface area contributed by atoms with Gasteiger partial charge in [-0.1, -0.05) is 23.7 Å². The van der Waals surface area contributed by atoms with Crippen molar-refractivity contribution in [3.63, 3.8) is 0 Å². The maximum Gasteiger partial charge on any atom is 0.199 e. The van der Waals surface area contributed by atoms with Crippen molar-refractivity contribution in [2.75, 3.05) is 13.7 Å². The van der Waals surface area contributed by atoms with Crippen LogP contribution in [0.5, 0.6) is 11.5 Å². The third-order valence-electron chi connectivity index (χ3n) is 5.02. The van der Waals surface area contributed by atoms with Gasteiger partial charge in [0.05, 0.1) is 24.4 Å². The molecule has 0 saturated carbocycles. The first-order chi connectivity index (χ1) is 14.7. The number of carbonyl (C=O) groups excluding carboxylic acids is 1. The summed E-state index contributed by atoms with van der Waals surface area (Å²) in [5, 5.41) is 4.88. The number of aromatic nitrogens is 2. The molecular formula is C23H23ClN2O4. The molecule has 0 bridgehead atoms. The van der Waals surface area contributed by atoms with Gasteiger partial charge in [0.15, 0.2) is 12.6 Å². The molecule has 4 rings (SSSR count). The second kappa shape index (κ2) is 9.32. The largest absolute Gasteiger partial charge is 0.497 e. The van der Waals surface area contributed by atoms with E-state index < -0.39 is 0 Å². The average Bonchev–Trinajstić information content (AvgIpc) is 3.18. The summed E-state index contributed by atoms with van der Waals surface area (Å²) < 4.78 is 18.4. The van der Waals surface area contributed by atoms with Crippen LogP contribution >= 0.6 is 11.6 Å². The molecule has 0 aliphatic carbocycles. The maximum atomic E-state index is 11.3. The van der Waals surface area contributed by atoms with Gasteiger partial charge in [-0.25, -0.2) is 4.68 Å². The molecule has 1 aromatic heterocycles. The van der Waals surface area contributed by atoms with Crippen molar-refractivity contribution in [1.82, 2.24) is 9.78 Å². The Labute approximate surface area is 180 Å². The Balaban J connectivity index is 1.54. The average molecular weight is 427 g/mol. The fraction of sp³-hybridized carbons (Fsp3) is 0.304. The zero-order chi connectivity index (χ0) is 20.9. The van der Waals surface area contributed by atoms with Gasteiger partial charge in [0, 0.05) is 24.6 Å². The van der Waals surface area contributed by atoms with Gasteiger partial charge in [-0.2, -0.15) is 5.10 Å². The van der Waals surface area contributed by atoms with Crippen LogP contribution in [0.3, 0.4) is 0 Å². The van der Waals surface area contributed by atoms with Crippen molar-refractivity contribution in [1.29, 1.82) is 0 Å². The predicted molar refractivity (Wildman–Crippen MR) is 114 cm³/mol. The molecule has 0 spiro atoms. The Hall–Kier alpha value is -2.83. The van der Waals surface area contributed by atoms with Crippen LogP contribution in [0, 0.1) is 0 Å². The molecular weight excluding hydrogens is 404 g/mol. The van der Waals surface area contributed by atoms with Gasteiger partial charge in [0.25, 0.3) is 0 Å². The number of hydrogen-bond donors (Lipinski definition) is 0. The summed E-state index contributed by atoms with van der Waals surface area (Å²) >= 11 is 6.43.